The van der Waals surface area contributed by atoms with Crippen molar-refractivity contribution < 1.29 is 4.79 Å². The minimum absolute atomic E-state index is 0.180. The number of nitrogens with one attached hydrogen (secondary N) is 1. The Balaban J connectivity index is 1.62. The van der Waals surface area contributed by atoms with Gasteiger partial charge in [-0.15, -0.1) is 11.3 Å². The van der Waals surface area contributed by atoms with E-state index in [4.69, 9.17) is 11.6 Å². The Hall–Kier alpha value is -2.69. The van der Waals surface area contributed by atoms with Gasteiger partial charge in [0.25, 0.3) is 5.91 Å². The fraction of sp³-hybridized carbons (Fsp3) is 0.0909. The maximum Gasteiger partial charge on any atom is 0.255 e. The Morgan fingerprint density at radius 2 is 1.85 bits per heavy atom. The average molecular weight is 393 g/mol. The first-order chi connectivity index (χ1) is 13.1. The molecule has 0 saturated heterocycles. The number of hydrogen-bond acceptors (Lipinski definition) is 3. The van der Waals surface area contributed by atoms with Crippen LogP contribution in [0.5, 0.6) is 0 Å². The zero-order valence-corrected chi connectivity index (χ0v) is 16.3. The molecule has 3 aromatic carbocycles. The molecule has 3 nitrogen and oxygen atoms in total. The minimum atomic E-state index is -0.180. The zero-order chi connectivity index (χ0) is 18.8. The summed E-state index contributed by atoms with van der Waals surface area (Å²) in [6.07, 6.45) is 0.942. The molecule has 1 amide bonds. The Morgan fingerprint density at radius 3 is 2.59 bits per heavy atom. The molecule has 27 heavy (non-hydrogen) atoms. The second kappa shape index (κ2) is 7.51. The maximum absolute atomic E-state index is 12.6. The number of anilines is 1. The number of rotatable bonds is 4. The van der Waals surface area contributed by atoms with Crippen molar-refractivity contribution in [2.75, 3.05) is 5.32 Å². The van der Waals surface area contributed by atoms with Crippen LogP contribution in [0.25, 0.3) is 20.8 Å². The second-order valence-corrected chi connectivity index (χ2v) is 7.62. The molecular formula is C22H17ClN2OS. The van der Waals surface area contributed by atoms with Gasteiger partial charge in [0.2, 0.25) is 0 Å². The molecule has 4 rings (SSSR count). The summed E-state index contributed by atoms with van der Waals surface area (Å²) in [5.41, 5.74) is 4.28. The van der Waals surface area contributed by atoms with Crippen LogP contribution in [-0.4, -0.2) is 10.9 Å². The van der Waals surface area contributed by atoms with Gasteiger partial charge >= 0.3 is 0 Å². The highest BCUT2D eigenvalue weighted by molar-refractivity contribution is 7.21. The molecule has 0 aliphatic rings. The van der Waals surface area contributed by atoms with Crippen LogP contribution in [-0.2, 0) is 6.42 Å². The van der Waals surface area contributed by atoms with Gasteiger partial charge in [0.05, 0.1) is 20.9 Å². The number of aryl methyl sites for hydroxylation is 1. The van der Waals surface area contributed by atoms with E-state index in [1.165, 1.54) is 5.56 Å². The number of para-hydroxylation sites is 1. The number of aromatic nitrogens is 1. The molecule has 1 heterocycles. The number of carbonyl (C=O) groups excluding carboxylic acids is 1. The number of thiazole rings is 1. The number of amides is 1. The summed E-state index contributed by atoms with van der Waals surface area (Å²) in [5.74, 6) is -0.180. The SMILES string of the molecule is CCc1ccc(C(=O)Nc2cc(-c3nc4ccccc4s3)ccc2Cl)cc1. The first-order valence-electron chi connectivity index (χ1n) is 8.70. The third kappa shape index (κ3) is 3.72. The number of hydrogen-bond donors (Lipinski definition) is 1. The molecule has 0 aliphatic carbocycles. The van der Waals surface area contributed by atoms with Crippen LogP contribution in [0.4, 0.5) is 5.69 Å². The third-order valence-corrected chi connectivity index (χ3v) is 5.79. The van der Waals surface area contributed by atoms with E-state index in [1.807, 2.05) is 54.6 Å². The normalized spacial score (nSPS) is 10.9. The van der Waals surface area contributed by atoms with E-state index >= 15 is 0 Å². The predicted octanol–water partition coefficient (Wildman–Crippen LogP) is 6.43. The van der Waals surface area contributed by atoms with Crippen LogP contribution < -0.4 is 5.32 Å². The zero-order valence-electron chi connectivity index (χ0n) is 14.7. The molecule has 4 aromatic rings. The fourth-order valence-corrected chi connectivity index (χ4v) is 3.96. The molecule has 134 valence electrons. The average Bonchev–Trinajstić information content (AvgIpc) is 3.14. The lowest BCUT2D eigenvalue weighted by atomic mass is 10.1. The van der Waals surface area contributed by atoms with E-state index in [0.717, 1.165) is 27.2 Å². The lowest BCUT2D eigenvalue weighted by Gasteiger charge is -2.09. The number of benzene rings is 3. The number of fused-ring (bicyclic) bond motifs is 1. The van der Waals surface area contributed by atoms with E-state index in [2.05, 4.69) is 23.3 Å². The van der Waals surface area contributed by atoms with Gasteiger partial charge in [-0.05, 0) is 48.4 Å². The Morgan fingerprint density at radius 1 is 1.07 bits per heavy atom. The van der Waals surface area contributed by atoms with Crippen LogP contribution >= 0.6 is 22.9 Å². The van der Waals surface area contributed by atoms with E-state index in [-0.39, 0.29) is 5.91 Å². The van der Waals surface area contributed by atoms with Gasteiger partial charge < -0.3 is 5.32 Å². The highest BCUT2D eigenvalue weighted by atomic mass is 35.5. The van der Waals surface area contributed by atoms with Crippen molar-refractivity contribution in [2.24, 2.45) is 0 Å². The van der Waals surface area contributed by atoms with Gasteiger partial charge in [-0.2, -0.15) is 0 Å². The van der Waals surface area contributed by atoms with Crippen LogP contribution in [0.2, 0.25) is 5.02 Å². The topological polar surface area (TPSA) is 42.0 Å². The molecule has 1 N–H and O–H groups in total. The molecule has 0 saturated carbocycles. The van der Waals surface area contributed by atoms with E-state index in [9.17, 15) is 4.79 Å². The Labute approximate surface area is 166 Å². The molecule has 5 heteroatoms. The highest BCUT2D eigenvalue weighted by Crippen LogP contribution is 2.34. The largest absolute Gasteiger partial charge is 0.321 e. The lowest BCUT2D eigenvalue weighted by molar-refractivity contribution is 0.102. The molecule has 1 aromatic heterocycles. The molecule has 0 aliphatic heterocycles. The lowest BCUT2D eigenvalue weighted by Crippen LogP contribution is -2.12. The first kappa shape index (κ1) is 17.7. The Kier molecular flexibility index (Phi) is 4.92. The molecule has 0 bridgehead atoms. The van der Waals surface area contributed by atoms with Gasteiger partial charge in [0.1, 0.15) is 5.01 Å². The van der Waals surface area contributed by atoms with E-state index in [1.54, 1.807) is 17.4 Å². The van der Waals surface area contributed by atoms with Crippen molar-refractivity contribution in [2.45, 2.75) is 13.3 Å². The standard InChI is InChI=1S/C22H17ClN2OS/c1-2-14-7-9-15(10-8-14)21(26)24-19-13-16(11-12-17(19)23)22-25-18-5-3-4-6-20(18)27-22/h3-13H,2H2,1H3,(H,24,26). The van der Waals surface area contributed by atoms with E-state index in [0.29, 0.717) is 16.3 Å². The molecule has 0 atom stereocenters. The highest BCUT2D eigenvalue weighted by Gasteiger charge is 2.12. The summed E-state index contributed by atoms with van der Waals surface area (Å²) in [5, 5.41) is 4.31. The summed E-state index contributed by atoms with van der Waals surface area (Å²) in [6, 6.07) is 21.2. The minimum Gasteiger partial charge on any atom is -0.321 e. The number of nitrogens with zero attached hydrogens (tertiary/aromatic N) is 1. The molecule has 0 unspecified atom stereocenters. The fourth-order valence-electron chi connectivity index (χ4n) is 2.84. The third-order valence-electron chi connectivity index (χ3n) is 4.38. The smallest absolute Gasteiger partial charge is 0.255 e. The van der Waals surface area contributed by atoms with Gasteiger partial charge in [-0.1, -0.05) is 48.9 Å². The van der Waals surface area contributed by atoms with Crippen LogP contribution in [0.15, 0.2) is 66.7 Å². The van der Waals surface area contributed by atoms with Gasteiger partial charge in [0, 0.05) is 11.1 Å². The second-order valence-electron chi connectivity index (χ2n) is 6.19. The van der Waals surface area contributed by atoms with Crippen molar-refractivity contribution >= 4 is 44.7 Å². The molecule has 0 fully saturated rings. The first-order valence-corrected chi connectivity index (χ1v) is 9.89. The van der Waals surface area contributed by atoms with Crippen molar-refractivity contribution in [3.05, 3.63) is 82.9 Å². The van der Waals surface area contributed by atoms with Crippen molar-refractivity contribution in [1.29, 1.82) is 0 Å². The Bertz CT molecular complexity index is 1090. The van der Waals surface area contributed by atoms with Gasteiger partial charge in [-0.3, -0.25) is 4.79 Å². The van der Waals surface area contributed by atoms with Crippen molar-refractivity contribution in [3.8, 4) is 10.6 Å². The number of carbonyl (C=O) groups is 1. The van der Waals surface area contributed by atoms with Gasteiger partial charge in [-0.25, -0.2) is 4.98 Å². The molecule has 0 spiro atoms. The van der Waals surface area contributed by atoms with Gasteiger partial charge in [0.15, 0.2) is 0 Å². The van der Waals surface area contributed by atoms with Crippen molar-refractivity contribution in [3.63, 3.8) is 0 Å². The molecule has 0 radical (unpaired) electrons. The summed E-state index contributed by atoms with van der Waals surface area (Å²) < 4.78 is 1.13. The maximum atomic E-state index is 12.6. The summed E-state index contributed by atoms with van der Waals surface area (Å²) >= 11 is 7.93. The summed E-state index contributed by atoms with van der Waals surface area (Å²) in [6.45, 7) is 2.09. The monoisotopic (exact) mass is 392 g/mol. The predicted molar refractivity (Wildman–Crippen MR) is 114 cm³/mol. The number of halogens is 1. The van der Waals surface area contributed by atoms with Crippen LogP contribution in [0, 0.1) is 0 Å². The van der Waals surface area contributed by atoms with E-state index < -0.39 is 0 Å². The van der Waals surface area contributed by atoms with Crippen LogP contribution in [0.3, 0.4) is 0 Å². The van der Waals surface area contributed by atoms with Crippen LogP contribution in [0.1, 0.15) is 22.8 Å². The van der Waals surface area contributed by atoms with Crippen molar-refractivity contribution in [1.82, 2.24) is 4.98 Å². The summed E-state index contributed by atoms with van der Waals surface area (Å²) in [7, 11) is 0. The summed E-state index contributed by atoms with van der Waals surface area (Å²) in [4.78, 5) is 17.2. The molecular weight excluding hydrogens is 376 g/mol. The quantitative estimate of drug-likeness (QED) is 0.434.